The smallest absolute Gasteiger partial charge is 0.329 e. The highest BCUT2D eigenvalue weighted by atomic mass is 32.1. The van der Waals surface area contributed by atoms with Gasteiger partial charge in [0, 0.05) is 11.3 Å². The molecule has 1 aliphatic carbocycles. The van der Waals surface area contributed by atoms with E-state index in [0.29, 0.717) is 4.88 Å². The number of alkyl halides is 5. The van der Waals surface area contributed by atoms with Gasteiger partial charge in [0.1, 0.15) is 5.92 Å². The maximum atomic E-state index is 13.0. The van der Waals surface area contributed by atoms with Crippen LogP contribution in [0.15, 0.2) is 16.7 Å². The van der Waals surface area contributed by atoms with Crippen LogP contribution in [0.25, 0.3) is 10.7 Å². The Balaban J connectivity index is 1.71. The Labute approximate surface area is 141 Å². The molecule has 6 nitrogen and oxygen atoms in total. The standard InChI is InChI=1S/C13H10F5N3O3S/c1-23-21(10(22)7-4-12(7,14)15)5-6-2-3-8(25-6)9-19-11(24-20-9)13(16,17)18/h2-3,7H,4-5H2,1H3. The van der Waals surface area contributed by atoms with E-state index in [1.165, 1.54) is 19.2 Å². The minimum atomic E-state index is -4.75. The number of rotatable bonds is 5. The van der Waals surface area contributed by atoms with Crippen LogP contribution in [-0.2, 0) is 22.4 Å². The highest BCUT2D eigenvalue weighted by Crippen LogP contribution is 2.49. The molecule has 136 valence electrons. The maximum Gasteiger partial charge on any atom is 0.471 e. The normalized spacial score (nSPS) is 19.0. The van der Waals surface area contributed by atoms with Crippen LogP contribution in [0.3, 0.4) is 0 Å². The number of hydroxylamine groups is 2. The van der Waals surface area contributed by atoms with Gasteiger partial charge in [-0.25, -0.2) is 13.8 Å². The van der Waals surface area contributed by atoms with Crippen molar-refractivity contribution in [2.24, 2.45) is 5.92 Å². The van der Waals surface area contributed by atoms with Crippen molar-refractivity contribution in [2.45, 2.75) is 25.1 Å². The molecule has 1 amide bonds. The second-order valence-corrected chi connectivity index (χ2v) is 6.43. The third-order valence-corrected chi connectivity index (χ3v) is 4.51. The van der Waals surface area contributed by atoms with Crippen molar-refractivity contribution in [3.05, 3.63) is 22.9 Å². The molecule has 1 unspecified atom stereocenters. The molecule has 0 aliphatic heterocycles. The molecule has 12 heteroatoms. The minimum Gasteiger partial charge on any atom is -0.329 e. The van der Waals surface area contributed by atoms with E-state index in [-0.39, 0.29) is 17.2 Å². The molecular weight excluding hydrogens is 373 g/mol. The monoisotopic (exact) mass is 383 g/mol. The van der Waals surface area contributed by atoms with E-state index < -0.39 is 36.2 Å². The van der Waals surface area contributed by atoms with Crippen molar-refractivity contribution in [3.8, 4) is 10.7 Å². The first kappa shape index (κ1) is 17.7. The van der Waals surface area contributed by atoms with Crippen molar-refractivity contribution in [1.29, 1.82) is 0 Å². The fourth-order valence-electron chi connectivity index (χ4n) is 2.05. The van der Waals surface area contributed by atoms with Crippen molar-refractivity contribution in [1.82, 2.24) is 15.2 Å². The number of thiophene rings is 1. The molecular formula is C13H10F5N3O3S. The number of nitrogens with zero attached hydrogens (tertiary/aromatic N) is 3. The quantitative estimate of drug-likeness (QED) is 0.585. The van der Waals surface area contributed by atoms with Crippen LogP contribution in [0, 0.1) is 5.92 Å². The van der Waals surface area contributed by atoms with Crippen LogP contribution >= 0.6 is 11.3 Å². The summed E-state index contributed by atoms with van der Waals surface area (Å²) in [6.45, 7) is -0.128. The first-order valence-electron chi connectivity index (χ1n) is 6.85. The fraction of sp³-hybridized carbons (Fsp3) is 0.462. The zero-order valence-electron chi connectivity index (χ0n) is 12.5. The highest BCUT2D eigenvalue weighted by molar-refractivity contribution is 7.15. The van der Waals surface area contributed by atoms with Gasteiger partial charge in [0.15, 0.2) is 0 Å². The Morgan fingerprint density at radius 2 is 2.16 bits per heavy atom. The first-order chi connectivity index (χ1) is 11.6. The van der Waals surface area contributed by atoms with E-state index >= 15 is 0 Å². The second kappa shape index (κ2) is 6.02. The molecule has 2 aromatic rings. The summed E-state index contributed by atoms with van der Waals surface area (Å²) in [5.41, 5.74) is 0. The van der Waals surface area contributed by atoms with Gasteiger partial charge >= 0.3 is 12.1 Å². The lowest BCUT2D eigenvalue weighted by Gasteiger charge is -2.18. The lowest BCUT2D eigenvalue weighted by molar-refractivity contribution is -0.182. The molecule has 25 heavy (non-hydrogen) atoms. The van der Waals surface area contributed by atoms with Gasteiger partial charge in [0.25, 0.3) is 11.8 Å². The third kappa shape index (κ3) is 3.63. The summed E-state index contributed by atoms with van der Waals surface area (Å²) in [5, 5.41) is 4.04. The molecule has 1 saturated carbocycles. The van der Waals surface area contributed by atoms with Crippen molar-refractivity contribution in [2.75, 3.05) is 7.11 Å². The number of carbonyl (C=O) groups excluding carboxylic acids is 1. The molecule has 0 aromatic carbocycles. The average molecular weight is 383 g/mol. The molecule has 1 fully saturated rings. The lowest BCUT2D eigenvalue weighted by Crippen LogP contribution is -2.32. The van der Waals surface area contributed by atoms with Crippen LogP contribution in [0.1, 0.15) is 17.2 Å². The van der Waals surface area contributed by atoms with E-state index in [4.69, 9.17) is 4.84 Å². The van der Waals surface area contributed by atoms with Crippen LogP contribution in [0.4, 0.5) is 22.0 Å². The Bertz CT molecular complexity index is 788. The van der Waals surface area contributed by atoms with Crippen molar-refractivity contribution >= 4 is 17.2 Å². The van der Waals surface area contributed by atoms with Gasteiger partial charge in [-0.1, -0.05) is 5.16 Å². The maximum absolute atomic E-state index is 13.0. The third-order valence-electron chi connectivity index (χ3n) is 3.44. The van der Waals surface area contributed by atoms with Gasteiger partial charge in [-0.3, -0.25) is 9.63 Å². The molecule has 0 saturated heterocycles. The SMILES string of the molecule is CON(Cc1ccc(-c2noc(C(F)(F)F)n2)s1)C(=O)C1CC1(F)F. The summed E-state index contributed by atoms with van der Waals surface area (Å²) in [4.78, 5) is 20.8. The van der Waals surface area contributed by atoms with Crippen molar-refractivity contribution in [3.63, 3.8) is 0 Å². The van der Waals surface area contributed by atoms with Crippen LogP contribution in [0.2, 0.25) is 0 Å². The van der Waals surface area contributed by atoms with Gasteiger partial charge in [-0.05, 0) is 12.1 Å². The number of carbonyl (C=O) groups is 1. The zero-order valence-corrected chi connectivity index (χ0v) is 13.3. The van der Waals surface area contributed by atoms with Crippen LogP contribution in [0.5, 0.6) is 0 Å². The summed E-state index contributed by atoms with van der Waals surface area (Å²) in [6.07, 6.45) is -5.27. The molecule has 2 heterocycles. The summed E-state index contributed by atoms with van der Waals surface area (Å²) in [5.74, 6) is -7.00. The first-order valence-corrected chi connectivity index (χ1v) is 7.67. The largest absolute Gasteiger partial charge is 0.471 e. The minimum absolute atomic E-state index is 0.128. The molecule has 1 aliphatic rings. The summed E-state index contributed by atoms with van der Waals surface area (Å²) in [7, 11) is 1.17. The number of hydrogen-bond donors (Lipinski definition) is 0. The van der Waals surface area contributed by atoms with Crippen LogP contribution < -0.4 is 0 Å². The number of halogens is 5. The van der Waals surface area contributed by atoms with E-state index in [1.54, 1.807) is 0 Å². The van der Waals surface area contributed by atoms with Gasteiger partial charge in [0.2, 0.25) is 5.82 Å². The van der Waals surface area contributed by atoms with E-state index in [9.17, 15) is 26.7 Å². The van der Waals surface area contributed by atoms with Gasteiger partial charge in [0.05, 0.1) is 18.5 Å². The molecule has 1 atom stereocenters. The average Bonchev–Trinajstić information content (AvgIpc) is 2.94. The molecule has 0 spiro atoms. The van der Waals surface area contributed by atoms with E-state index in [0.717, 1.165) is 16.4 Å². The van der Waals surface area contributed by atoms with E-state index in [2.05, 4.69) is 14.7 Å². The Hall–Kier alpha value is -2.08. The van der Waals surface area contributed by atoms with Gasteiger partial charge < -0.3 is 4.52 Å². The van der Waals surface area contributed by atoms with Gasteiger partial charge in [-0.2, -0.15) is 18.2 Å². The topological polar surface area (TPSA) is 68.5 Å². The fourth-order valence-corrected chi connectivity index (χ4v) is 2.96. The molecule has 0 radical (unpaired) electrons. The predicted molar refractivity (Wildman–Crippen MR) is 73.2 cm³/mol. The number of amides is 1. The summed E-state index contributed by atoms with van der Waals surface area (Å²) in [6, 6.07) is 2.95. The second-order valence-electron chi connectivity index (χ2n) is 5.26. The van der Waals surface area contributed by atoms with Crippen molar-refractivity contribution < 1.29 is 36.1 Å². The molecule has 3 rings (SSSR count). The summed E-state index contributed by atoms with van der Waals surface area (Å²) >= 11 is 0.989. The number of hydrogen-bond acceptors (Lipinski definition) is 6. The summed E-state index contributed by atoms with van der Waals surface area (Å²) < 4.78 is 67.5. The Morgan fingerprint density at radius 1 is 1.48 bits per heavy atom. The Morgan fingerprint density at radius 3 is 2.68 bits per heavy atom. The lowest BCUT2D eigenvalue weighted by atomic mass is 10.3. The van der Waals surface area contributed by atoms with Crippen LogP contribution in [-0.4, -0.2) is 34.1 Å². The zero-order chi connectivity index (χ0) is 18.4. The predicted octanol–water partition coefficient (Wildman–Crippen LogP) is 3.36. The molecule has 0 N–H and O–H groups in total. The Kier molecular flexibility index (Phi) is 4.27. The van der Waals surface area contributed by atoms with Gasteiger partial charge in [-0.15, -0.1) is 11.3 Å². The molecule has 2 aromatic heterocycles. The highest BCUT2D eigenvalue weighted by Gasteiger charge is 2.62. The molecule has 0 bridgehead atoms. The van der Waals surface area contributed by atoms with E-state index in [1.807, 2.05) is 0 Å². The number of aromatic nitrogens is 2.